The van der Waals surface area contributed by atoms with Gasteiger partial charge in [-0.2, -0.15) is 5.10 Å². The van der Waals surface area contributed by atoms with E-state index in [2.05, 4.69) is 15.8 Å². The zero-order valence-electron chi connectivity index (χ0n) is 13.1. The Balaban J connectivity index is 1.84. The van der Waals surface area contributed by atoms with Crippen LogP contribution in [0.1, 0.15) is 37.7 Å². The van der Waals surface area contributed by atoms with Crippen LogP contribution in [0.2, 0.25) is 0 Å². The normalized spacial score (nSPS) is 15.5. The average molecular weight is 321 g/mol. The van der Waals surface area contributed by atoms with Crippen molar-refractivity contribution in [1.82, 2.24) is 10.7 Å². The van der Waals surface area contributed by atoms with Gasteiger partial charge in [0.1, 0.15) is 0 Å². The molecule has 0 spiro atoms. The van der Waals surface area contributed by atoms with Gasteiger partial charge in [0.05, 0.1) is 20.4 Å². The van der Waals surface area contributed by atoms with E-state index >= 15 is 0 Å². The predicted molar refractivity (Wildman–Crippen MR) is 92.9 cm³/mol. The van der Waals surface area contributed by atoms with Gasteiger partial charge in [-0.25, -0.2) is 0 Å². The minimum atomic E-state index is 0.477. The molecule has 1 aromatic rings. The van der Waals surface area contributed by atoms with Crippen LogP contribution in [0.25, 0.3) is 0 Å². The highest BCUT2D eigenvalue weighted by Crippen LogP contribution is 2.26. The molecule has 22 heavy (non-hydrogen) atoms. The van der Waals surface area contributed by atoms with E-state index in [4.69, 9.17) is 21.7 Å². The number of ether oxygens (including phenoxy) is 2. The van der Waals surface area contributed by atoms with E-state index in [1.807, 2.05) is 18.2 Å². The minimum Gasteiger partial charge on any atom is -0.493 e. The van der Waals surface area contributed by atoms with E-state index in [-0.39, 0.29) is 0 Å². The van der Waals surface area contributed by atoms with Crippen LogP contribution in [0.4, 0.5) is 0 Å². The summed E-state index contributed by atoms with van der Waals surface area (Å²) in [6.45, 7) is 0. The molecule has 120 valence electrons. The zero-order valence-corrected chi connectivity index (χ0v) is 13.9. The predicted octanol–water partition coefficient (Wildman–Crippen LogP) is 2.83. The molecule has 0 radical (unpaired) electrons. The Morgan fingerprint density at radius 1 is 1.18 bits per heavy atom. The first-order chi connectivity index (χ1) is 10.7. The van der Waals surface area contributed by atoms with Gasteiger partial charge < -0.3 is 14.8 Å². The molecule has 1 aliphatic rings. The molecule has 0 amide bonds. The molecule has 0 aromatic heterocycles. The number of thiocarbonyl (C=S) groups is 1. The van der Waals surface area contributed by atoms with Crippen molar-refractivity contribution in [2.24, 2.45) is 5.10 Å². The van der Waals surface area contributed by atoms with Gasteiger partial charge in [0.2, 0.25) is 0 Å². The molecular formula is C16H23N3O2S. The standard InChI is InChI=1S/C16H23N3O2S/c1-20-14-9-8-12(10-15(14)21-2)11-17-19-16(22)18-13-6-4-3-5-7-13/h8-11,13H,3-7H2,1-2H3,(H2,18,19,22). The van der Waals surface area contributed by atoms with E-state index in [9.17, 15) is 0 Å². The maximum Gasteiger partial charge on any atom is 0.187 e. The minimum absolute atomic E-state index is 0.477. The third-order valence-corrected chi connectivity index (χ3v) is 3.94. The summed E-state index contributed by atoms with van der Waals surface area (Å²) >= 11 is 5.26. The summed E-state index contributed by atoms with van der Waals surface area (Å²) in [5, 5.41) is 8.04. The van der Waals surface area contributed by atoms with Crippen LogP contribution in [0, 0.1) is 0 Å². The fraction of sp³-hybridized carbons (Fsp3) is 0.500. The van der Waals surface area contributed by atoms with Crippen molar-refractivity contribution in [1.29, 1.82) is 0 Å². The number of rotatable bonds is 5. The van der Waals surface area contributed by atoms with Gasteiger partial charge in [0.15, 0.2) is 16.6 Å². The monoisotopic (exact) mass is 321 g/mol. The van der Waals surface area contributed by atoms with Gasteiger partial charge in [-0.05, 0) is 48.8 Å². The number of nitrogens with one attached hydrogen (secondary N) is 2. The van der Waals surface area contributed by atoms with Gasteiger partial charge in [0, 0.05) is 6.04 Å². The highest BCUT2D eigenvalue weighted by atomic mass is 32.1. The van der Waals surface area contributed by atoms with Gasteiger partial charge in [-0.15, -0.1) is 0 Å². The van der Waals surface area contributed by atoms with Gasteiger partial charge >= 0.3 is 0 Å². The molecule has 2 rings (SSSR count). The number of hydrogen-bond acceptors (Lipinski definition) is 4. The maximum atomic E-state index is 5.26. The Bertz CT molecular complexity index is 528. The fourth-order valence-corrected chi connectivity index (χ4v) is 2.78. The van der Waals surface area contributed by atoms with Gasteiger partial charge in [0.25, 0.3) is 0 Å². The van der Waals surface area contributed by atoms with Crippen LogP contribution in [-0.2, 0) is 0 Å². The fourth-order valence-electron chi connectivity index (χ4n) is 2.56. The van der Waals surface area contributed by atoms with Crippen LogP contribution in [-0.4, -0.2) is 31.6 Å². The van der Waals surface area contributed by atoms with Crippen LogP contribution >= 0.6 is 12.2 Å². The van der Waals surface area contributed by atoms with E-state index in [1.54, 1.807) is 20.4 Å². The quantitative estimate of drug-likeness (QED) is 0.496. The zero-order chi connectivity index (χ0) is 15.8. The topological polar surface area (TPSA) is 54.9 Å². The Morgan fingerprint density at radius 3 is 2.59 bits per heavy atom. The number of benzene rings is 1. The average Bonchev–Trinajstić information content (AvgIpc) is 2.55. The van der Waals surface area contributed by atoms with Crippen LogP contribution < -0.4 is 20.2 Å². The maximum absolute atomic E-state index is 5.26. The third kappa shape index (κ3) is 4.87. The molecule has 0 saturated heterocycles. The summed E-state index contributed by atoms with van der Waals surface area (Å²) in [7, 11) is 3.22. The van der Waals surface area contributed by atoms with Gasteiger partial charge in [-0.3, -0.25) is 5.43 Å². The SMILES string of the molecule is COc1ccc(C=NNC(=S)NC2CCCCC2)cc1OC. The number of hydrogen-bond donors (Lipinski definition) is 2. The van der Waals surface area contributed by atoms with Crippen molar-refractivity contribution in [3.63, 3.8) is 0 Å². The summed E-state index contributed by atoms with van der Waals surface area (Å²) in [5.74, 6) is 1.37. The number of hydrazone groups is 1. The summed E-state index contributed by atoms with van der Waals surface area (Å²) in [4.78, 5) is 0. The van der Waals surface area contributed by atoms with E-state index in [0.717, 1.165) is 5.56 Å². The molecule has 0 heterocycles. The van der Waals surface area contributed by atoms with Crippen LogP contribution in [0.5, 0.6) is 11.5 Å². The molecule has 6 heteroatoms. The molecule has 0 unspecified atom stereocenters. The highest BCUT2D eigenvalue weighted by molar-refractivity contribution is 7.80. The first-order valence-electron chi connectivity index (χ1n) is 7.54. The smallest absolute Gasteiger partial charge is 0.187 e. The Hall–Kier alpha value is -1.82. The lowest BCUT2D eigenvalue weighted by atomic mass is 9.96. The van der Waals surface area contributed by atoms with E-state index in [1.165, 1.54) is 32.1 Å². The Morgan fingerprint density at radius 2 is 1.91 bits per heavy atom. The van der Waals surface area contributed by atoms with Crippen molar-refractivity contribution >= 4 is 23.5 Å². The lowest BCUT2D eigenvalue weighted by Gasteiger charge is -2.23. The first kappa shape index (κ1) is 16.5. The summed E-state index contributed by atoms with van der Waals surface area (Å²) in [6.07, 6.45) is 7.94. The Kier molecular flexibility index (Phi) is 6.45. The van der Waals surface area contributed by atoms with Crippen molar-refractivity contribution in [3.8, 4) is 11.5 Å². The third-order valence-electron chi connectivity index (χ3n) is 3.73. The summed E-state index contributed by atoms with van der Waals surface area (Å²) in [6, 6.07) is 6.09. The summed E-state index contributed by atoms with van der Waals surface area (Å²) < 4.78 is 10.5. The van der Waals surface area contributed by atoms with Crippen LogP contribution in [0.15, 0.2) is 23.3 Å². The summed E-state index contributed by atoms with van der Waals surface area (Å²) in [5.41, 5.74) is 3.77. The molecule has 5 nitrogen and oxygen atoms in total. The van der Waals surface area contributed by atoms with Crippen molar-refractivity contribution in [2.45, 2.75) is 38.1 Å². The molecule has 1 aliphatic carbocycles. The van der Waals surface area contributed by atoms with E-state index in [0.29, 0.717) is 22.7 Å². The van der Waals surface area contributed by atoms with Crippen molar-refractivity contribution in [3.05, 3.63) is 23.8 Å². The largest absolute Gasteiger partial charge is 0.493 e. The molecule has 0 aliphatic heterocycles. The second-order valence-electron chi connectivity index (χ2n) is 5.29. The molecule has 0 atom stereocenters. The van der Waals surface area contributed by atoms with E-state index < -0.39 is 0 Å². The number of methoxy groups -OCH3 is 2. The number of nitrogens with zero attached hydrogens (tertiary/aromatic N) is 1. The van der Waals surface area contributed by atoms with Crippen LogP contribution in [0.3, 0.4) is 0 Å². The van der Waals surface area contributed by atoms with Crippen molar-refractivity contribution in [2.75, 3.05) is 14.2 Å². The second kappa shape index (κ2) is 8.58. The van der Waals surface area contributed by atoms with Crippen molar-refractivity contribution < 1.29 is 9.47 Å². The Labute approximate surface area is 137 Å². The molecule has 1 aromatic carbocycles. The molecule has 0 bridgehead atoms. The highest BCUT2D eigenvalue weighted by Gasteiger charge is 2.13. The molecule has 1 saturated carbocycles. The first-order valence-corrected chi connectivity index (χ1v) is 7.95. The molecule has 2 N–H and O–H groups in total. The molecule has 1 fully saturated rings. The van der Waals surface area contributed by atoms with Gasteiger partial charge in [-0.1, -0.05) is 19.3 Å². The lowest BCUT2D eigenvalue weighted by molar-refractivity contribution is 0.355. The lowest BCUT2D eigenvalue weighted by Crippen LogP contribution is -2.40. The second-order valence-corrected chi connectivity index (χ2v) is 5.70. The molecular weight excluding hydrogens is 298 g/mol.